The molecular formula is C19H22FNO3. The zero-order valence-electron chi connectivity index (χ0n) is 13.6. The molecule has 0 aliphatic heterocycles. The van der Waals surface area contributed by atoms with Crippen LogP contribution < -0.4 is 5.43 Å². The summed E-state index contributed by atoms with van der Waals surface area (Å²) in [7, 11) is 0. The van der Waals surface area contributed by atoms with E-state index in [1.165, 1.54) is 25.0 Å². The molecular weight excluding hydrogens is 309 g/mol. The Kier molecular flexibility index (Phi) is 5.30. The van der Waals surface area contributed by atoms with Crippen LogP contribution in [-0.2, 0) is 13.0 Å². The molecule has 1 aromatic heterocycles. The maximum Gasteiger partial charge on any atom is 0.226 e. The Labute approximate surface area is 140 Å². The molecule has 0 bridgehead atoms. The van der Waals surface area contributed by atoms with Crippen LogP contribution in [0.3, 0.4) is 0 Å². The summed E-state index contributed by atoms with van der Waals surface area (Å²) in [4.78, 5) is 13.8. The average molecular weight is 331 g/mol. The fraction of sp³-hybridized carbons (Fsp3) is 0.421. The third-order valence-corrected chi connectivity index (χ3v) is 4.69. The summed E-state index contributed by atoms with van der Waals surface area (Å²) in [6.07, 6.45) is 6.31. The van der Waals surface area contributed by atoms with Gasteiger partial charge in [0, 0.05) is 18.7 Å². The van der Waals surface area contributed by atoms with Crippen molar-refractivity contribution >= 4 is 0 Å². The SMILES string of the molecule is O=c1cc(CN(CCc2ccccc2F)C2CCCC2)occ1O. The van der Waals surface area contributed by atoms with Gasteiger partial charge in [-0.05, 0) is 30.9 Å². The van der Waals surface area contributed by atoms with E-state index in [1.54, 1.807) is 6.07 Å². The van der Waals surface area contributed by atoms with Gasteiger partial charge in [0.1, 0.15) is 17.8 Å². The minimum absolute atomic E-state index is 0.181. The molecule has 2 aromatic rings. The maximum absolute atomic E-state index is 13.8. The topological polar surface area (TPSA) is 53.7 Å². The molecule has 1 N–H and O–H groups in total. The van der Waals surface area contributed by atoms with Crippen molar-refractivity contribution in [3.8, 4) is 5.75 Å². The smallest absolute Gasteiger partial charge is 0.226 e. The first-order chi connectivity index (χ1) is 11.6. The van der Waals surface area contributed by atoms with Crippen LogP contribution in [0.2, 0.25) is 0 Å². The molecule has 3 rings (SSSR count). The summed E-state index contributed by atoms with van der Waals surface area (Å²) >= 11 is 0. The lowest BCUT2D eigenvalue weighted by Gasteiger charge is -2.28. The second kappa shape index (κ2) is 7.62. The normalized spacial score (nSPS) is 15.2. The summed E-state index contributed by atoms with van der Waals surface area (Å²) < 4.78 is 19.2. The van der Waals surface area contributed by atoms with Crippen molar-refractivity contribution in [2.24, 2.45) is 0 Å². The molecule has 128 valence electrons. The number of benzene rings is 1. The minimum Gasteiger partial charge on any atom is -0.502 e. The molecule has 0 amide bonds. The Morgan fingerprint density at radius 1 is 1.25 bits per heavy atom. The zero-order chi connectivity index (χ0) is 16.9. The Morgan fingerprint density at radius 3 is 2.71 bits per heavy atom. The highest BCUT2D eigenvalue weighted by Gasteiger charge is 2.23. The van der Waals surface area contributed by atoms with Crippen molar-refractivity contribution in [3.63, 3.8) is 0 Å². The summed E-state index contributed by atoms with van der Waals surface area (Å²) in [5.74, 6) is -0.0317. The molecule has 0 spiro atoms. The molecule has 1 aliphatic carbocycles. The van der Waals surface area contributed by atoms with Crippen LogP contribution in [-0.4, -0.2) is 22.6 Å². The Hall–Kier alpha value is -2.14. The molecule has 24 heavy (non-hydrogen) atoms. The van der Waals surface area contributed by atoms with Gasteiger partial charge in [-0.2, -0.15) is 0 Å². The average Bonchev–Trinajstić information content (AvgIpc) is 3.10. The van der Waals surface area contributed by atoms with Gasteiger partial charge in [0.05, 0.1) is 6.54 Å². The summed E-state index contributed by atoms with van der Waals surface area (Å²) in [5.41, 5.74) is 0.268. The van der Waals surface area contributed by atoms with Crippen molar-refractivity contribution < 1.29 is 13.9 Å². The molecule has 1 saturated carbocycles. The van der Waals surface area contributed by atoms with Crippen LogP contribution in [0.1, 0.15) is 37.0 Å². The third kappa shape index (κ3) is 4.03. The predicted molar refractivity (Wildman–Crippen MR) is 89.4 cm³/mol. The van der Waals surface area contributed by atoms with Crippen molar-refractivity contribution in [3.05, 3.63) is 64.0 Å². The fourth-order valence-corrected chi connectivity index (χ4v) is 3.35. The number of aromatic hydroxyl groups is 1. The van der Waals surface area contributed by atoms with E-state index in [0.29, 0.717) is 36.9 Å². The third-order valence-electron chi connectivity index (χ3n) is 4.69. The number of hydrogen-bond donors (Lipinski definition) is 1. The number of hydrogen-bond acceptors (Lipinski definition) is 4. The van der Waals surface area contributed by atoms with E-state index < -0.39 is 5.43 Å². The predicted octanol–water partition coefficient (Wildman–Crippen LogP) is 3.47. The van der Waals surface area contributed by atoms with Crippen molar-refractivity contribution in [1.29, 1.82) is 0 Å². The van der Waals surface area contributed by atoms with Gasteiger partial charge >= 0.3 is 0 Å². The van der Waals surface area contributed by atoms with Crippen LogP contribution >= 0.6 is 0 Å². The van der Waals surface area contributed by atoms with Crippen LogP contribution in [0.4, 0.5) is 4.39 Å². The zero-order valence-corrected chi connectivity index (χ0v) is 13.6. The van der Waals surface area contributed by atoms with E-state index in [2.05, 4.69) is 4.90 Å². The standard InChI is InChI=1S/C19H22FNO3/c20-17-8-4-1-5-14(17)9-10-21(15-6-2-3-7-15)12-16-11-18(22)19(23)13-24-16/h1,4-5,8,11,13,15,23H,2-3,6-7,9-10,12H2. The van der Waals surface area contributed by atoms with E-state index in [9.17, 15) is 14.3 Å². The lowest BCUT2D eigenvalue weighted by Crippen LogP contribution is -2.34. The molecule has 0 saturated heterocycles. The van der Waals surface area contributed by atoms with Gasteiger partial charge in [0.15, 0.2) is 5.75 Å². The van der Waals surface area contributed by atoms with Crippen LogP contribution in [0.25, 0.3) is 0 Å². The second-order valence-electron chi connectivity index (χ2n) is 6.35. The summed E-state index contributed by atoms with van der Waals surface area (Å²) in [6, 6.07) is 8.59. The van der Waals surface area contributed by atoms with Crippen molar-refractivity contribution in [2.75, 3.05) is 6.54 Å². The molecule has 0 unspecified atom stereocenters. The molecule has 1 aliphatic rings. The van der Waals surface area contributed by atoms with Crippen molar-refractivity contribution in [2.45, 2.75) is 44.7 Å². The van der Waals surface area contributed by atoms with E-state index in [-0.39, 0.29) is 11.6 Å². The van der Waals surface area contributed by atoms with E-state index in [0.717, 1.165) is 19.1 Å². The lowest BCUT2D eigenvalue weighted by molar-refractivity contribution is 0.175. The molecule has 4 nitrogen and oxygen atoms in total. The molecule has 1 aromatic carbocycles. The largest absolute Gasteiger partial charge is 0.502 e. The van der Waals surface area contributed by atoms with Gasteiger partial charge in [0.2, 0.25) is 5.43 Å². The van der Waals surface area contributed by atoms with Gasteiger partial charge in [-0.15, -0.1) is 0 Å². The highest BCUT2D eigenvalue weighted by Crippen LogP contribution is 2.25. The second-order valence-corrected chi connectivity index (χ2v) is 6.35. The first kappa shape index (κ1) is 16.7. The minimum atomic E-state index is -0.434. The summed E-state index contributed by atoms with van der Waals surface area (Å²) in [5, 5.41) is 9.31. The monoisotopic (exact) mass is 331 g/mol. The highest BCUT2D eigenvalue weighted by atomic mass is 19.1. The summed E-state index contributed by atoms with van der Waals surface area (Å²) in [6.45, 7) is 1.20. The van der Waals surface area contributed by atoms with E-state index in [1.807, 2.05) is 12.1 Å². The van der Waals surface area contributed by atoms with Gasteiger partial charge < -0.3 is 9.52 Å². The first-order valence-electron chi connectivity index (χ1n) is 8.41. The van der Waals surface area contributed by atoms with Gasteiger partial charge in [-0.1, -0.05) is 31.0 Å². The van der Waals surface area contributed by atoms with Crippen LogP contribution in [0.15, 0.2) is 45.8 Å². The molecule has 1 fully saturated rings. The molecule has 1 heterocycles. The molecule has 0 atom stereocenters. The Balaban J connectivity index is 1.72. The fourth-order valence-electron chi connectivity index (χ4n) is 3.35. The van der Waals surface area contributed by atoms with Gasteiger partial charge in [0.25, 0.3) is 0 Å². The number of nitrogens with zero attached hydrogens (tertiary/aromatic N) is 1. The quantitative estimate of drug-likeness (QED) is 0.880. The highest BCUT2D eigenvalue weighted by molar-refractivity contribution is 5.18. The number of rotatable bonds is 6. The van der Waals surface area contributed by atoms with E-state index in [4.69, 9.17) is 4.42 Å². The Bertz CT molecular complexity index is 737. The van der Waals surface area contributed by atoms with Crippen LogP contribution in [0.5, 0.6) is 5.75 Å². The van der Waals surface area contributed by atoms with Gasteiger partial charge in [-0.3, -0.25) is 9.69 Å². The van der Waals surface area contributed by atoms with Gasteiger partial charge in [-0.25, -0.2) is 4.39 Å². The lowest BCUT2D eigenvalue weighted by atomic mass is 10.1. The number of halogens is 1. The molecule has 5 heteroatoms. The molecule has 0 radical (unpaired) electrons. The maximum atomic E-state index is 13.8. The van der Waals surface area contributed by atoms with Crippen molar-refractivity contribution in [1.82, 2.24) is 4.90 Å². The Morgan fingerprint density at radius 2 is 2.00 bits per heavy atom. The van der Waals surface area contributed by atoms with E-state index >= 15 is 0 Å². The van der Waals surface area contributed by atoms with Crippen LogP contribution in [0, 0.1) is 5.82 Å². The first-order valence-corrected chi connectivity index (χ1v) is 8.41.